The van der Waals surface area contributed by atoms with Crippen LogP contribution in [-0.2, 0) is 6.42 Å². The van der Waals surface area contributed by atoms with Crippen molar-refractivity contribution in [3.8, 4) is 0 Å². The Hall–Kier alpha value is -4.06. The highest BCUT2D eigenvalue weighted by Crippen LogP contribution is 2.21. The van der Waals surface area contributed by atoms with Gasteiger partial charge >= 0.3 is 0 Å². The Labute approximate surface area is 166 Å². The van der Waals surface area contributed by atoms with Crippen LogP contribution in [0.3, 0.4) is 0 Å². The molecular formula is C23H18N5O+. The molecule has 29 heavy (non-hydrogen) atoms. The lowest BCUT2D eigenvalue weighted by Crippen LogP contribution is -2.24. The molecule has 0 fully saturated rings. The number of hydrogen-bond acceptors (Lipinski definition) is 3. The Bertz CT molecular complexity index is 1320. The van der Waals surface area contributed by atoms with Crippen LogP contribution in [0.25, 0.3) is 16.4 Å². The lowest BCUT2D eigenvalue weighted by Gasteiger charge is -2.05. The van der Waals surface area contributed by atoms with Gasteiger partial charge in [0.25, 0.3) is 11.7 Å². The maximum Gasteiger partial charge on any atom is 0.300 e. The molecule has 0 aliphatic heterocycles. The van der Waals surface area contributed by atoms with E-state index in [1.807, 2.05) is 77.5 Å². The van der Waals surface area contributed by atoms with Gasteiger partial charge in [-0.3, -0.25) is 14.8 Å². The van der Waals surface area contributed by atoms with Crippen LogP contribution in [0.5, 0.6) is 0 Å². The van der Waals surface area contributed by atoms with Crippen LogP contribution < -0.4 is 9.72 Å². The lowest BCUT2D eigenvalue weighted by molar-refractivity contribution is -0.520. The average Bonchev–Trinajstić information content (AvgIpc) is 3.13. The van der Waals surface area contributed by atoms with Gasteiger partial charge in [0.05, 0.1) is 23.8 Å². The summed E-state index contributed by atoms with van der Waals surface area (Å²) in [5.41, 5.74) is 3.85. The number of hydrogen-bond donors (Lipinski definition) is 2. The molecule has 0 aliphatic rings. The number of anilines is 1. The summed E-state index contributed by atoms with van der Waals surface area (Å²) in [6, 6.07) is 19.3. The molecule has 5 rings (SSSR count). The Morgan fingerprint density at radius 3 is 2.79 bits per heavy atom. The predicted octanol–water partition coefficient (Wildman–Crippen LogP) is 3.54. The van der Waals surface area contributed by atoms with Gasteiger partial charge < -0.3 is 5.32 Å². The monoisotopic (exact) mass is 380 g/mol. The summed E-state index contributed by atoms with van der Waals surface area (Å²) in [4.78, 5) is 25.0. The molecule has 1 aromatic carbocycles. The quantitative estimate of drug-likeness (QED) is 0.468. The van der Waals surface area contributed by atoms with Crippen molar-refractivity contribution in [2.24, 2.45) is 0 Å². The molecule has 4 aromatic heterocycles. The first-order chi connectivity index (χ1) is 14.3. The second kappa shape index (κ2) is 7.16. The fourth-order valence-electron chi connectivity index (χ4n) is 3.54. The predicted molar refractivity (Wildman–Crippen MR) is 111 cm³/mol. The van der Waals surface area contributed by atoms with E-state index in [1.54, 1.807) is 12.4 Å². The van der Waals surface area contributed by atoms with E-state index >= 15 is 0 Å². The Morgan fingerprint density at radius 1 is 1.00 bits per heavy atom. The average molecular weight is 380 g/mol. The minimum absolute atomic E-state index is 0.204. The van der Waals surface area contributed by atoms with Crippen molar-refractivity contribution in [3.63, 3.8) is 0 Å². The van der Waals surface area contributed by atoms with E-state index in [-0.39, 0.29) is 5.91 Å². The molecule has 0 saturated carbocycles. The Kier molecular flexibility index (Phi) is 4.22. The molecule has 1 amide bonds. The van der Waals surface area contributed by atoms with Crippen molar-refractivity contribution < 1.29 is 9.20 Å². The lowest BCUT2D eigenvalue weighted by atomic mass is 10.2. The third-order valence-corrected chi connectivity index (χ3v) is 4.88. The minimum Gasteiger partial charge on any atom is -0.317 e. The molecule has 2 N–H and O–H groups in total. The molecule has 0 bridgehead atoms. The smallest absolute Gasteiger partial charge is 0.300 e. The largest absolute Gasteiger partial charge is 0.317 e. The highest BCUT2D eigenvalue weighted by Gasteiger charge is 2.24. The van der Waals surface area contributed by atoms with E-state index in [1.165, 1.54) is 0 Å². The summed E-state index contributed by atoms with van der Waals surface area (Å²) < 4.78 is 2.00. The van der Waals surface area contributed by atoms with E-state index in [0.717, 1.165) is 27.8 Å². The number of carbonyl (C=O) groups excluding carboxylic acids is 1. The van der Waals surface area contributed by atoms with Gasteiger partial charge in [-0.15, -0.1) is 0 Å². The standard InChI is InChI=1S/C23H17N5O/c29-23(26-18-9-3-7-17-8-5-12-25-21(17)18)22-19-10-1-2-13-28(19)20(27-22)14-16-6-4-11-24-15-16/h1-13,15H,14H2,(H,26,29)/p+1. The zero-order valence-electron chi connectivity index (χ0n) is 15.5. The second-order valence-electron chi connectivity index (χ2n) is 6.78. The molecule has 140 valence electrons. The van der Waals surface area contributed by atoms with Crippen molar-refractivity contribution in [1.29, 1.82) is 0 Å². The number of nitrogens with zero attached hydrogens (tertiary/aromatic N) is 3. The molecule has 0 radical (unpaired) electrons. The first-order valence-corrected chi connectivity index (χ1v) is 9.35. The highest BCUT2D eigenvalue weighted by atomic mass is 16.1. The molecule has 0 saturated heterocycles. The summed E-state index contributed by atoms with van der Waals surface area (Å²) in [5.74, 6) is 0.707. The van der Waals surface area contributed by atoms with Gasteiger partial charge in [0.2, 0.25) is 5.69 Å². The van der Waals surface area contributed by atoms with E-state index < -0.39 is 0 Å². The summed E-state index contributed by atoms with van der Waals surface area (Å²) in [5, 5.41) is 3.99. The van der Waals surface area contributed by atoms with Crippen molar-refractivity contribution in [2.75, 3.05) is 5.32 Å². The van der Waals surface area contributed by atoms with Gasteiger partial charge in [0, 0.05) is 24.0 Å². The third-order valence-electron chi connectivity index (χ3n) is 4.88. The number of amides is 1. The number of carbonyl (C=O) groups is 1. The number of nitrogens with one attached hydrogen (secondary N) is 2. The second-order valence-corrected chi connectivity index (χ2v) is 6.78. The summed E-state index contributed by atoms with van der Waals surface area (Å²) in [7, 11) is 0. The van der Waals surface area contributed by atoms with Gasteiger partial charge in [0.15, 0.2) is 5.52 Å². The topological polar surface area (TPSA) is 74.8 Å². The summed E-state index contributed by atoms with van der Waals surface area (Å²) in [6.45, 7) is 0. The number of aromatic nitrogens is 4. The first-order valence-electron chi connectivity index (χ1n) is 9.35. The number of H-pyrrole nitrogens is 1. The maximum atomic E-state index is 13.1. The fraction of sp³-hybridized carbons (Fsp3) is 0.0435. The van der Waals surface area contributed by atoms with Crippen LogP contribution in [0.1, 0.15) is 21.9 Å². The van der Waals surface area contributed by atoms with E-state index in [2.05, 4.69) is 20.3 Å². The van der Waals surface area contributed by atoms with Crippen LogP contribution >= 0.6 is 0 Å². The number of benzene rings is 1. The van der Waals surface area contributed by atoms with Gasteiger partial charge in [-0.1, -0.05) is 30.3 Å². The van der Waals surface area contributed by atoms with E-state index in [4.69, 9.17) is 0 Å². The van der Waals surface area contributed by atoms with Crippen LogP contribution in [0, 0.1) is 0 Å². The zero-order chi connectivity index (χ0) is 19.6. The molecular weight excluding hydrogens is 362 g/mol. The molecule has 0 spiro atoms. The molecule has 6 heteroatoms. The Balaban J connectivity index is 1.53. The van der Waals surface area contributed by atoms with Crippen LogP contribution in [0.2, 0.25) is 0 Å². The van der Waals surface area contributed by atoms with Crippen LogP contribution in [0.15, 0.2) is 85.5 Å². The zero-order valence-corrected chi connectivity index (χ0v) is 15.5. The molecule has 4 heterocycles. The SMILES string of the molecule is O=C(Nc1cccc2cccnc12)c1[nH]c(Cc2cccnc2)[n+]2ccccc12. The molecule has 0 aliphatic carbocycles. The normalized spacial score (nSPS) is 11.0. The summed E-state index contributed by atoms with van der Waals surface area (Å²) in [6.07, 6.45) is 7.90. The fourth-order valence-corrected chi connectivity index (χ4v) is 3.54. The van der Waals surface area contributed by atoms with Crippen molar-refractivity contribution in [2.45, 2.75) is 6.42 Å². The minimum atomic E-state index is -0.204. The van der Waals surface area contributed by atoms with Gasteiger partial charge in [-0.05, 0) is 35.9 Å². The van der Waals surface area contributed by atoms with E-state index in [0.29, 0.717) is 17.8 Å². The van der Waals surface area contributed by atoms with Crippen LogP contribution in [-0.4, -0.2) is 20.9 Å². The van der Waals surface area contributed by atoms with Crippen LogP contribution in [0.4, 0.5) is 5.69 Å². The number of rotatable bonds is 4. The summed E-state index contributed by atoms with van der Waals surface area (Å²) >= 11 is 0. The number of fused-ring (bicyclic) bond motifs is 2. The highest BCUT2D eigenvalue weighted by molar-refractivity contribution is 6.10. The van der Waals surface area contributed by atoms with Crippen molar-refractivity contribution in [1.82, 2.24) is 15.0 Å². The molecule has 0 unspecified atom stereocenters. The Morgan fingerprint density at radius 2 is 1.90 bits per heavy atom. The van der Waals surface area contributed by atoms with E-state index in [9.17, 15) is 4.79 Å². The van der Waals surface area contributed by atoms with Gasteiger partial charge in [-0.25, -0.2) is 4.98 Å². The number of para-hydroxylation sites is 1. The van der Waals surface area contributed by atoms with Gasteiger partial charge in [-0.2, -0.15) is 4.40 Å². The molecule has 0 atom stereocenters. The van der Waals surface area contributed by atoms with Gasteiger partial charge in [0.1, 0.15) is 0 Å². The third kappa shape index (κ3) is 3.21. The number of pyridine rings is 3. The number of aromatic amines is 1. The molecule has 5 aromatic rings. The first kappa shape index (κ1) is 17.1. The maximum absolute atomic E-state index is 13.1. The van der Waals surface area contributed by atoms with Crippen molar-refractivity contribution in [3.05, 3.63) is 103 Å². The number of imidazole rings is 1. The van der Waals surface area contributed by atoms with Crippen molar-refractivity contribution >= 4 is 28.0 Å². The molecule has 6 nitrogen and oxygen atoms in total.